The molecular weight excluding hydrogens is 236 g/mol. The summed E-state index contributed by atoms with van der Waals surface area (Å²) in [6.45, 7) is 1.91. The lowest BCUT2D eigenvalue weighted by Gasteiger charge is -2.00. The molecule has 1 heterocycles. The van der Waals surface area contributed by atoms with Crippen LogP contribution in [0.3, 0.4) is 0 Å². The molecule has 2 rings (SSSR count). The predicted molar refractivity (Wildman–Crippen MR) is 67.7 cm³/mol. The Balaban J connectivity index is 2.46. The van der Waals surface area contributed by atoms with Crippen molar-refractivity contribution in [3.8, 4) is 0 Å². The largest absolute Gasteiger partial charge is 0.310 e. The summed E-state index contributed by atoms with van der Waals surface area (Å²) < 4.78 is 25.8. The summed E-state index contributed by atoms with van der Waals surface area (Å²) in [7, 11) is -1.07. The molecule has 0 spiro atoms. The summed E-state index contributed by atoms with van der Waals surface area (Å²) in [6.07, 6.45) is 1.44. The molecule has 8 heteroatoms. The van der Waals surface area contributed by atoms with Gasteiger partial charge >= 0.3 is 0 Å². The summed E-state index contributed by atoms with van der Waals surface area (Å²) in [4.78, 5) is 0.242. The first-order valence-corrected chi connectivity index (χ1v) is 6.74. The molecule has 0 unspecified atom stereocenters. The Labute approximate surface area is 101 Å². The van der Waals surface area contributed by atoms with Gasteiger partial charge in [-0.15, -0.1) is 5.10 Å². The smallest absolute Gasteiger partial charge is 0.227 e. The molecule has 2 aromatic rings. The van der Waals surface area contributed by atoms with E-state index < -0.39 is 9.84 Å². The molecule has 0 amide bonds. The van der Waals surface area contributed by atoms with Gasteiger partial charge in [-0.2, -0.15) is 0 Å². The van der Waals surface area contributed by atoms with Gasteiger partial charge in [-0.25, -0.2) is 8.42 Å². The molecule has 0 N–H and O–H groups in total. The first-order valence-electron chi connectivity index (χ1n) is 5.26. The monoisotopic (exact) mass is 247 g/mol. The predicted octanol–water partition coefficient (Wildman–Crippen LogP) is -0.833. The van der Waals surface area contributed by atoms with Crippen molar-refractivity contribution >= 4 is 24.9 Å². The van der Waals surface area contributed by atoms with Crippen LogP contribution >= 0.6 is 0 Å². The van der Waals surface area contributed by atoms with Crippen molar-refractivity contribution in [1.82, 2.24) is 14.9 Å². The molecule has 0 fully saturated rings. The molecule has 0 aliphatic carbocycles. The van der Waals surface area contributed by atoms with Gasteiger partial charge in [0, 0.05) is 6.20 Å². The maximum absolute atomic E-state index is 12.2. The molecule has 1 aromatic heterocycles. The van der Waals surface area contributed by atoms with Crippen LogP contribution in [0.15, 0.2) is 40.4 Å². The lowest BCUT2D eigenvalue weighted by atomic mass is 9.67. The highest BCUT2D eigenvalue weighted by atomic mass is 32.2. The van der Waals surface area contributed by atoms with E-state index in [1.165, 1.54) is 10.8 Å². The van der Waals surface area contributed by atoms with Crippen LogP contribution in [-0.2, 0) is 9.84 Å². The fraction of sp³-hybridized carbons (Fsp3) is 0.111. The summed E-state index contributed by atoms with van der Waals surface area (Å²) in [5, 5.41) is 7.40. The SMILES string of the molecule is BBn1cc(S(=O)(=O)c2ccc(C)cc2)nn1. The standard InChI is InChI=1S/C9H11B2N3O2S/c1-7-2-4-8(5-3-7)17(15,16)9-6-14(11-10)13-12-9/h2-6,11H,10H2,1H3. The molecule has 0 saturated carbocycles. The quantitative estimate of drug-likeness (QED) is 0.663. The van der Waals surface area contributed by atoms with E-state index in [1.807, 2.05) is 14.7 Å². The molecule has 0 aliphatic rings. The zero-order chi connectivity index (χ0) is 12.5. The molecule has 0 bridgehead atoms. The summed E-state index contributed by atoms with van der Waals surface area (Å²) in [6, 6.07) is 6.68. The van der Waals surface area contributed by atoms with Crippen molar-refractivity contribution in [3.63, 3.8) is 0 Å². The molecule has 0 saturated heterocycles. The molecule has 5 nitrogen and oxygen atoms in total. The molecule has 0 atom stereocenters. The van der Waals surface area contributed by atoms with E-state index in [4.69, 9.17) is 0 Å². The second kappa shape index (κ2) is 4.37. The molecule has 0 aliphatic heterocycles. The zero-order valence-corrected chi connectivity index (χ0v) is 10.5. The summed E-state index contributed by atoms with van der Waals surface area (Å²) in [5.41, 5.74) is 1.01. The molecule has 0 radical (unpaired) electrons. The summed E-state index contributed by atoms with van der Waals surface area (Å²) >= 11 is 0. The Kier molecular flexibility index (Phi) is 3.06. The maximum atomic E-state index is 12.2. The van der Waals surface area contributed by atoms with Crippen LogP contribution in [0.5, 0.6) is 0 Å². The third-order valence-electron chi connectivity index (χ3n) is 2.45. The van der Waals surface area contributed by atoms with Crippen molar-refractivity contribution in [2.24, 2.45) is 0 Å². The van der Waals surface area contributed by atoms with E-state index in [0.29, 0.717) is 7.31 Å². The lowest BCUT2D eigenvalue weighted by Crippen LogP contribution is -2.06. The molecule has 1 aromatic carbocycles. The Morgan fingerprint density at radius 1 is 1.29 bits per heavy atom. The van der Waals surface area contributed by atoms with Gasteiger partial charge in [-0.3, -0.25) is 0 Å². The van der Waals surface area contributed by atoms with Gasteiger partial charge in [0.2, 0.25) is 22.2 Å². The van der Waals surface area contributed by atoms with Crippen LogP contribution in [0.2, 0.25) is 0 Å². The molecule has 17 heavy (non-hydrogen) atoms. The number of hydrogen-bond acceptors (Lipinski definition) is 4. The highest BCUT2D eigenvalue weighted by molar-refractivity contribution is 7.91. The lowest BCUT2D eigenvalue weighted by molar-refractivity contribution is 0.592. The van der Waals surface area contributed by atoms with E-state index >= 15 is 0 Å². The number of sulfone groups is 1. The van der Waals surface area contributed by atoms with Crippen LogP contribution in [0.4, 0.5) is 0 Å². The maximum Gasteiger partial charge on any atom is 0.227 e. The number of rotatable bonds is 3. The van der Waals surface area contributed by atoms with Crippen LogP contribution in [0, 0.1) is 6.92 Å². The van der Waals surface area contributed by atoms with Crippen LogP contribution in [0.1, 0.15) is 5.56 Å². The van der Waals surface area contributed by atoms with Crippen molar-refractivity contribution in [3.05, 3.63) is 36.0 Å². The minimum Gasteiger partial charge on any atom is -0.310 e. The first kappa shape index (κ1) is 11.9. The van der Waals surface area contributed by atoms with Crippen molar-refractivity contribution < 1.29 is 8.42 Å². The zero-order valence-electron chi connectivity index (χ0n) is 9.66. The summed E-state index contributed by atoms with van der Waals surface area (Å²) in [5.74, 6) is 0. The van der Waals surface area contributed by atoms with E-state index in [1.54, 1.807) is 24.3 Å². The van der Waals surface area contributed by atoms with Gasteiger partial charge in [0.25, 0.3) is 0 Å². The van der Waals surface area contributed by atoms with Gasteiger partial charge < -0.3 is 4.59 Å². The Morgan fingerprint density at radius 2 is 1.94 bits per heavy atom. The van der Waals surface area contributed by atoms with E-state index in [-0.39, 0.29) is 9.92 Å². The average Bonchev–Trinajstić information content (AvgIpc) is 2.78. The Hall–Kier alpha value is -1.56. The fourth-order valence-corrected chi connectivity index (χ4v) is 2.54. The topological polar surface area (TPSA) is 64.8 Å². The minimum atomic E-state index is -3.54. The van der Waals surface area contributed by atoms with Crippen LogP contribution in [0.25, 0.3) is 0 Å². The highest BCUT2D eigenvalue weighted by Crippen LogP contribution is 2.18. The third-order valence-corrected chi connectivity index (χ3v) is 4.08. The van der Waals surface area contributed by atoms with Gasteiger partial charge in [0.05, 0.1) is 12.6 Å². The number of benzene rings is 1. The Morgan fingerprint density at radius 3 is 2.47 bits per heavy atom. The number of nitrogens with zero attached hydrogens (tertiary/aromatic N) is 3. The van der Waals surface area contributed by atoms with Gasteiger partial charge in [-0.05, 0) is 19.1 Å². The van der Waals surface area contributed by atoms with Gasteiger partial charge in [0.15, 0.2) is 0 Å². The van der Waals surface area contributed by atoms with Crippen LogP contribution < -0.4 is 0 Å². The normalized spacial score (nSPS) is 11.4. The minimum absolute atomic E-state index is 0.0109. The number of aromatic nitrogens is 3. The number of aryl methyl sites for hydroxylation is 1. The van der Waals surface area contributed by atoms with Crippen LogP contribution in [-0.4, -0.2) is 38.4 Å². The highest BCUT2D eigenvalue weighted by Gasteiger charge is 2.20. The Bertz CT molecular complexity index is 622. The van der Waals surface area contributed by atoms with E-state index in [2.05, 4.69) is 10.3 Å². The average molecular weight is 247 g/mol. The third kappa shape index (κ3) is 2.26. The molecule has 86 valence electrons. The second-order valence-corrected chi connectivity index (χ2v) is 5.63. The number of hydrogen-bond donors (Lipinski definition) is 0. The van der Waals surface area contributed by atoms with Crippen molar-refractivity contribution in [1.29, 1.82) is 0 Å². The van der Waals surface area contributed by atoms with E-state index in [9.17, 15) is 8.42 Å². The van der Waals surface area contributed by atoms with E-state index in [0.717, 1.165) is 5.56 Å². The van der Waals surface area contributed by atoms with Gasteiger partial charge in [-0.1, -0.05) is 22.9 Å². The van der Waals surface area contributed by atoms with Crippen molar-refractivity contribution in [2.45, 2.75) is 16.8 Å². The van der Waals surface area contributed by atoms with Crippen molar-refractivity contribution in [2.75, 3.05) is 0 Å². The molecular formula is C9H11B2N3O2S. The first-order chi connectivity index (χ1) is 8.04. The second-order valence-electron chi connectivity index (χ2n) is 3.73. The van der Waals surface area contributed by atoms with Gasteiger partial charge in [0.1, 0.15) is 0 Å². The fourth-order valence-electron chi connectivity index (χ4n) is 1.40.